The number of likely N-dealkylation sites (N-methyl/N-ethyl adjacent to an activating group) is 1. The summed E-state index contributed by atoms with van der Waals surface area (Å²) < 4.78 is 1.69. The zero-order chi connectivity index (χ0) is 20.1. The number of hydrogen-bond donors (Lipinski definition) is 3. The van der Waals surface area contributed by atoms with Gasteiger partial charge in [0.25, 0.3) is 11.5 Å². The number of carbonyl (C=O) groups excluding carboxylic acids is 2. The number of aryl methyl sites for hydroxylation is 1. The van der Waals surface area contributed by atoms with Crippen LogP contribution in [0.15, 0.2) is 41.3 Å². The molecule has 0 atom stereocenters. The highest BCUT2D eigenvalue weighted by Crippen LogP contribution is 2.18. The lowest BCUT2D eigenvalue weighted by atomic mass is 10.0. The van der Waals surface area contributed by atoms with E-state index >= 15 is 0 Å². The van der Waals surface area contributed by atoms with Gasteiger partial charge in [-0.1, -0.05) is 12.1 Å². The standard InChI is InChI=1S/C21H26N4O3/c1-14-8-11-25(17-6-9-23-10-7-17)21(28)19(14)20(27)24-16-5-3-4-15(12-16)13-18(26)22-2/h3-5,8,11-12,17,23H,6-7,9-10,13H2,1-2H3,(H,22,26)(H,24,27). The molecule has 2 amide bonds. The van der Waals surface area contributed by atoms with E-state index in [1.165, 1.54) is 0 Å². The van der Waals surface area contributed by atoms with Crippen LogP contribution in [-0.2, 0) is 11.2 Å². The van der Waals surface area contributed by atoms with Gasteiger partial charge in [-0.3, -0.25) is 14.4 Å². The van der Waals surface area contributed by atoms with E-state index < -0.39 is 5.91 Å². The monoisotopic (exact) mass is 382 g/mol. The van der Waals surface area contributed by atoms with E-state index in [9.17, 15) is 14.4 Å². The Morgan fingerprint density at radius 2 is 1.96 bits per heavy atom. The molecule has 0 unspecified atom stereocenters. The normalized spacial score (nSPS) is 14.5. The minimum absolute atomic E-state index is 0.104. The lowest BCUT2D eigenvalue weighted by Gasteiger charge is -2.25. The summed E-state index contributed by atoms with van der Waals surface area (Å²) in [7, 11) is 1.58. The van der Waals surface area contributed by atoms with Crippen LogP contribution >= 0.6 is 0 Å². The van der Waals surface area contributed by atoms with Crippen LogP contribution in [-0.4, -0.2) is 36.5 Å². The summed E-state index contributed by atoms with van der Waals surface area (Å²) in [6.07, 6.45) is 3.75. The average Bonchev–Trinajstić information content (AvgIpc) is 2.69. The molecule has 1 aromatic heterocycles. The third kappa shape index (κ3) is 4.48. The molecule has 28 heavy (non-hydrogen) atoms. The van der Waals surface area contributed by atoms with E-state index in [1.54, 1.807) is 42.9 Å². The fourth-order valence-corrected chi connectivity index (χ4v) is 3.52. The lowest BCUT2D eigenvalue weighted by Crippen LogP contribution is -2.37. The molecule has 1 fully saturated rings. The second kappa shape index (κ2) is 8.84. The average molecular weight is 382 g/mol. The molecule has 0 aliphatic carbocycles. The van der Waals surface area contributed by atoms with E-state index in [4.69, 9.17) is 0 Å². The van der Waals surface area contributed by atoms with Gasteiger partial charge in [0.05, 0.1) is 6.42 Å². The number of nitrogens with one attached hydrogen (secondary N) is 3. The van der Waals surface area contributed by atoms with Gasteiger partial charge < -0.3 is 20.5 Å². The summed E-state index contributed by atoms with van der Waals surface area (Å²) >= 11 is 0. The number of amides is 2. The number of aromatic nitrogens is 1. The molecule has 7 nitrogen and oxygen atoms in total. The van der Waals surface area contributed by atoms with Gasteiger partial charge in [-0.25, -0.2) is 0 Å². The van der Waals surface area contributed by atoms with Crippen LogP contribution in [0.5, 0.6) is 0 Å². The van der Waals surface area contributed by atoms with Crippen molar-refractivity contribution >= 4 is 17.5 Å². The van der Waals surface area contributed by atoms with Crippen LogP contribution in [0.4, 0.5) is 5.69 Å². The zero-order valence-electron chi connectivity index (χ0n) is 16.2. The van der Waals surface area contributed by atoms with Crippen molar-refractivity contribution in [2.75, 3.05) is 25.5 Å². The molecule has 148 valence electrons. The Balaban J connectivity index is 1.83. The van der Waals surface area contributed by atoms with Gasteiger partial charge in [0.1, 0.15) is 5.56 Å². The van der Waals surface area contributed by atoms with Gasteiger partial charge in [0.2, 0.25) is 5.91 Å². The summed E-state index contributed by atoms with van der Waals surface area (Å²) in [6, 6.07) is 9.02. The molecule has 3 rings (SSSR count). The summed E-state index contributed by atoms with van der Waals surface area (Å²) in [5.41, 5.74) is 1.90. The Labute approximate surface area is 164 Å². The SMILES string of the molecule is CNC(=O)Cc1cccc(NC(=O)c2c(C)ccn(C3CCNCC3)c2=O)c1. The second-order valence-corrected chi connectivity index (χ2v) is 7.07. The highest BCUT2D eigenvalue weighted by atomic mass is 16.2. The van der Waals surface area contributed by atoms with E-state index in [0.717, 1.165) is 31.5 Å². The van der Waals surface area contributed by atoms with Crippen molar-refractivity contribution < 1.29 is 9.59 Å². The second-order valence-electron chi connectivity index (χ2n) is 7.07. The van der Waals surface area contributed by atoms with Crippen LogP contribution in [0.2, 0.25) is 0 Å². The first kappa shape index (κ1) is 19.8. The van der Waals surface area contributed by atoms with Crippen LogP contribution in [0.25, 0.3) is 0 Å². The van der Waals surface area contributed by atoms with Gasteiger partial charge in [-0.05, 0) is 62.2 Å². The Morgan fingerprint density at radius 1 is 1.21 bits per heavy atom. The predicted octanol–water partition coefficient (Wildman–Crippen LogP) is 1.62. The van der Waals surface area contributed by atoms with Crippen LogP contribution in [0, 0.1) is 6.92 Å². The van der Waals surface area contributed by atoms with E-state index in [0.29, 0.717) is 11.3 Å². The van der Waals surface area contributed by atoms with Crippen molar-refractivity contribution in [1.82, 2.24) is 15.2 Å². The number of benzene rings is 1. The van der Waals surface area contributed by atoms with Crippen molar-refractivity contribution in [3.8, 4) is 0 Å². The molecule has 3 N–H and O–H groups in total. The number of carbonyl (C=O) groups is 2. The zero-order valence-corrected chi connectivity index (χ0v) is 16.2. The van der Waals surface area contributed by atoms with Crippen LogP contribution < -0.4 is 21.5 Å². The highest BCUT2D eigenvalue weighted by molar-refractivity contribution is 6.05. The molecule has 0 radical (unpaired) electrons. The van der Waals surface area contributed by atoms with E-state index in [-0.39, 0.29) is 29.5 Å². The third-order valence-electron chi connectivity index (χ3n) is 5.09. The Bertz CT molecular complexity index is 929. The Hall–Kier alpha value is -2.93. The Morgan fingerprint density at radius 3 is 2.68 bits per heavy atom. The minimum atomic E-state index is -0.428. The predicted molar refractivity (Wildman–Crippen MR) is 109 cm³/mol. The lowest BCUT2D eigenvalue weighted by molar-refractivity contribution is -0.119. The molecule has 0 saturated carbocycles. The fraction of sp³-hybridized carbons (Fsp3) is 0.381. The number of anilines is 1. The van der Waals surface area contributed by atoms with Crippen LogP contribution in [0.3, 0.4) is 0 Å². The molecule has 1 aromatic carbocycles. The number of hydrogen-bond acceptors (Lipinski definition) is 4. The van der Waals surface area contributed by atoms with E-state index in [1.807, 2.05) is 12.1 Å². The quantitative estimate of drug-likeness (QED) is 0.733. The van der Waals surface area contributed by atoms with Gasteiger partial charge in [0.15, 0.2) is 0 Å². The largest absolute Gasteiger partial charge is 0.359 e. The molecular formula is C21H26N4O3. The van der Waals surface area contributed by atoms with Gasteiger partial charge in [-0.2, -0.15) is 0 Å². The van der Waals surface area contributed by atoms with Crippen LogP contribution in [0.1, 0.15) is 40.4 Å². The molecule has 1 saturated heterocycles. The number of pyridine rings is 1. The molecule has 0 bridgehead atoms. The summed E-state index contributed by atoms with van der Waals surface area (Å²) in [6.45, 7) is 3.50. The topological polar surface area (TPSA) is 92.2 Å². The minimum Gasteiger partial charge on any atom is -0.359 e. The number of nitrogens with zero attached hydrogens (tertiary/aromatic N) is 1. The molecule has 2 heterocycles. The molecular weight excluding hydrogens is 356 g/mol. The van der Waals surface area contributed by atoms with Crippen molar-refractivity contribution in [1.29, 1.82) is 0 Å². The van der Waals surface area contributed by atoms with Gasteiger partial charge >= 0.3 is 0 Å². The first-order valence-corrected chi connectivity index (χ1v) is 9.53. The third-order valence-corrected chi connectivity index (χ3v) is 5.09. The molecule has 2 aromatic rings. The molecule has 7 heteroatoms. The molecule has 1 aliphatic rings. The molecule has 0 spiro atoms. The maximum Gasteiger partial charge on any atom is 0.263 e. The van der Waals surface area contributed by atoms with Crippen molar-refractivity contribution in [2.24, 2.45) is 0 Å². The number of piperidine rings is 1. The van der Waals surface area contributed by atoms with Crippen molar-refractivity contribution in [3.05, 3.63) is 63.6 Å². The highest BCUT2D eigenvalue weighted by Gasteiger charge is 2.21. The van der Waals surface area contributed by atoms with Crippen molar-refractivity contribution in [2.45, 2.75) is 32.2 Å². The summed E-state index contributed by atoms with van der Waals surface area (Å²) in [5.74, 6) is -0.532. The first-order chi connectivity index (χ1) is 13.5. The summed E-state index contributed by atoms with van der Waals surface area (Å²) in [4.78, 5) is 37.4. The van der Waals surface area contributed by atoms with Gasteiger partial charge in [0, 0.05) is 25.0 Å². The smallest absolute Gasteiger partial charge is 0.263 e. The molecule has 1 aliphatic heterocycles. The van der Waals surface area contributed by atoms with Gasteiger partial charge in [-0.15, -0.1) is 0 Å². The van der Waals surface area contributed by atoms with Crippen molar-refractivity contribution in [3.63, 3.8) is 0 Å². The fourth-order valence-electron chi connectivity index (χ4n) is 3.52. The van der Waals surface area contributed by atoms with E-state index in [2.05, 4.69) is 16.0 Å². The maximum absolute atomic E-state index is 13.0. The Kier molecular flexibility index (Phi) is 6.26. The summed E-state index contributed by atoms with van der Waals surface area (Å²) in [5, 5.41) is 8.67. The first-order valence-electron chi connectivity index (χ1n) is 9.53. The number of rotatable bonds is 5. The maximum atomic E-state index is 13.0.